The summed E-state index contributed by atoms with van der Waals surface area (Å²) in [6.45, 7) is 0. The SMILES string of the molecule is O=C(NC1C2CC3CC(C2)CC1C3)c1ccc(-c2cnc(-c3ccc(NC(=O)C4CCCCC4)cc3)[nH]2)cc1. The fraction of sp³-hybridized carbons (Fsp3) is 0.485. The maximum atomic E-state index is 13.1. The molecule has 3 aromatic rings. The Bertz CT molecular complexity index is 1310. The van der Waals surface area contributed by atoms with E-state index in [-0.39, 0.29) is 17.7 Å². The molecule has 1 heterocycles. The van der Waals surface area contributed by atoms with Crippen LogP contribution in [0.5, 0.6) is 0 Å². The number of aromatic amines is 1. The molecule has 2 amide bonds. The molecule has 4 bridgehead atoms. The Morgan fingerprint density at radius 2 is 1.41 bits per heavy atom. The summed E-state index contributed by atoms with van der Waals surface area (Å²) in [5.74, 6) is 4.27. The van der Waals surface area contributed by atoms with Gasteiger partial charge in [-0.2, -0.15) is 0 Å². The zero-order valence-corrected chi connectivity index (χ0v) is 22.5. The first-order valence-corrected chi connectivity index (χ1v) is 15.0. The molecule has 0 atom stereocenters. The third-order valence-electron chi connectivity index (χ3n) is 9.96. The molecule has 5 saturated carbocycles. The maximum absolute atomic E-state index is 13.1. The topological polar surface area (TPSA) is 86.9 Å². The van der Waals surface area contributed by atoms with Crippen molar-refractivity contribution < 1.29 is 9.59 Å². The first kappa shape index (κ1) is 24.6. The quantitative estimate of drug-likeness (QED) is 0.332. The van der Waals surface area contributed by atoms with Crippen molar-refractivity contribution in [2.45, 2.75) is 70.3 Å². The van der Waals surface area contributed by atoms with E-state index in [0.717, 1.165) is 71.4 Å². The number of H-pyrrole nitrogens is 1. The highest BCUT2D eigenvalue weighted by molar-refractivity contribution is 5.95. The Hall–Kier alpha value is -3.41. The minimum absolute atomic E-state index is 0.0555. The molecule has 202 valence electrons. The van der Waals surface area contributed by atoms with Crippen molar-refractivity contribution in [2.75, 3.05) is 5.32 Å². The molecular weight excluding hydrogens is 484 g/mol. The van der Waals surface area contributed by atoms with Crippen LogP contribution in [0, 0.1) is 29.6 Å². The van der Waals surface area contributed by atoms with E-state index in [9.17, 15) is 9.59 Å². The number of benzene rings is 2. The third-order valence-corrected chi connectivity index (χ3v) is 9.96. The lowest BCUT2D eigenvalue weighted by Crippen LogP contribution is -2.55. The second-order valence-electron chi connectivity index (χ2n) is 12.6. The van der Waals surface area contributed by atoms with Gasteiger partial charge in [-0.1, -0.05) is 31.4 Å². The molecule has 8 rings (SSSR count). The van der Waals surface area contributed by atoms with Crippen LogP contribution in [0.15, 0.2) is 54.7 Å². The highest BCUT2D eigenvalue weighted by atomic mass is 16.2. The smallest absolute Gasteiger partial charge is 0.251 e. The van der Waals surface area contributed by atoms with Gasteiger partial charge in [-0.25, -0.2) is 4.98 Å². The molecule has 0 aliphatic heterocycles. The summed E-state index contributed by atoms with van der Waals surface area (Å²) in [6.07, 6.45) is 14.0. The van der Waals surface area contributed by atoms with Crippen molar-refractivity contribution in [1.82, 2.24) is 15.3 Å². The standard InChI is InChI=1S/C33H38N4O2/c38-32(24-4-2-1-3-5-24)35-28-12-10-23(11-13-28)31-34-19-29(36-31)22-6-8-25(9-7-22)33(39)37-30-26-15-20-14-21(17-26)18-27(30)16-20/h6-13,19-21,24,26-27,30H,1-5,14-18H2,(H,34,36)(H,35,38)(H,37,39). The van der Waals surface area contributed by atoms with Crippen molar-refractivity contribution >= 4 is 17.5 Å². The van der Waals surface area contributed by atoms with E-state index < -0.39 is 0 Å². The summed E-state index contributed by atoms with van der Waals surface area (Å²) >= 11 is 0. The predicted octanol–water partition coefficient (Wildman–Crippen LogP) is 6.82. The Morgan fingerprint density at radius 3 is 2.08 bits per heavy atom. The minimum atomic E-state index is 0.0555. The van der Waals surface area contributed by atoms with Crippen LogP contribution >= 0.6 is 0 Å². The average Bonchev–Trinajstić information content (AvgIpc) is 3.46. The lowest BCUT2D eigenvalue weighted by molar-refractivity contribution is -0.120. The van der Waals surface area contributed by atoms with Gasteiger partial charge in [0, 0.05) is 28.8 Å². The van der Waals surface area contributed by atoms with Gasteiger partial charge in [0.15, 0.2) is 0 Å². The van der Waals surface area contributed by atoms with E-state index in [1.165, 1.54) is 38.5 Å². The Morgan fingerprint density at radius 1 is 0.769 bits per heavy atom. The van der Waals surface area contributed by atoms with Crippen LogP contribution in [0.3, 0.4) is 0 Å². The molecule has 5 aliphatic carbocycles. The Labute approximate surface area is 230 Å². The summed E-state index contributed by atoms with van der Waals surface area (Å²) in [4.78, 5) is 33.6. The van der Waals surface area contributed by atoms with E-state index in [0.29, 0.717) is 17.9 Å². The molecule has 0 spiro atoms. The van der Waals surface area contributed by atoms with Gasteiger partial charge in [0.2, 0.25) is 5.91 Å². The second kappa shape index (κ2) is 10.3. The number of rotatable bonds is 6. The van der Waals surface area contributed by atoms with E-state index in [1.54, 1.807) is 0 Å². The number of carbonyl (C=O) groups excluding carboxylic acids is 2. The Balaban J connectivity index is 0.977. The maximum Gasteiger partial charge on any atom is 0.251 e. The van der Waals surface area contributed by atoms with Gasteiger partial charge in [0.1, 0.15) is 5.82 Å². The highest BCUT2D eigenvalue weighted by Gasteiger charge is 2.48. The van der Waals surface area contributed by atoms with Crippen LogP contribution in [0.25, 0.3) is 22.6 Å². The average molecular weight is 523 g/mol. The van der Waals surface area contributed by atoms with Crippen LogP contribution in [0.4, 0.5) is 5.69 Å². The van der Waals surface area contributed by atoms with Gasteiger partial charge in [-0.05, 0) is 111 Å². The van der Waals surface area contributed by atoms with Crippen molar-refractivity contribution in [3.63, 3.8) is 0 Å². The van der Waals surface area contributed by atoms with Crippen molar-refractivity contribution in [3.05, 3.63) is 60.3 Å². The van der Waals surface area contributed by atoms with Crippen LogP contribution in [0.1, 0.15) is 74.6 Å². The molecule has 0 saturated heterocycles. The highest BCUT2D eigenvalue weighted by Crippen LogP contribution is 2.53. The van der Waals surface area contributed by atoms with Gasteiger partial charge < -0.3 is 15.6 Å². The van der Waals surface area contributed by atoms with E-state index in [1.807, 2.05) is 54.7 Å². The lowest BCUT2D eigenvalue weighted by atomic mass is 9.54. The second-order valence-corrected chi connectivity index (χ2v) is 12.6. The molecule has 2 aromatic carbocycles. The van der Waals surface area contributed by atoms with E-state index in [4.69, 9.17) is 0 Å². The number of imidazole rings is 1. The molecule has 0 radical (unpaired) electrons. The monoisotopic (exact) mass is 522 g/mol. The molecular formula is C33H38N4O2. The first-order valence-electron chi connectivity index (χ1n) is 15.0. The number of hydrogen-bond acceptors (Lipinski definition) is 3. The minimum Gasteiger partial charge on any atom is -0.349 e. The molecule has 6 heteroatoms. The number of hydrogen-bond donors (Lipinski definition) is 3. The van der Waals surface area contributed by atoms with Gasteiger partial charge in [0.25, 0.3) is 5.91 Å². The van der Waals surface area contributed by atoms with Crippen molar-refractivity contribution in [1.29, 1.82) is 0 Å². The van der Waals surface area contributed by atoms with E-state index in [2.05, 4.69) is 20.6 Å². The zero-order chi connectivity index (χ0) is 26.3. The van der Waals surface area contributed by atoms with Gasteiger partial charge >= 0.3 is 0 Å². The van der Waals surface area contributed by atoms with Crippen LogP contribution < -0.4 is 10.6 Å². The van der Waals surface area contributed by atoms with Gasteiger partial charge in [0.05, 0.1) is 11.9 Å². The molecule has 0 unspecified atom stereocenters. The first-order chi connectivity index (χ1) is 19.1. The summed E-state index contributed by atoms with van der Waals surface area (Å²) in [7, 11) is 0. The number of amides is 2. The Kier molecular flexibility index (Phi) is 6.49. The molecule has 5 fully saturated rings. The number of nitrogens with one attached hydrogen (secondary N) is 3. The molecule has 3 N–H and O–H groups in total. The molecule has 39 heavy (non-hydrogen) atoms. The fourth-order valence-corrected chi connectivity index (χ4v) is 8.13. The third kappa shape index (κ3) is 5.02. The molecule has 6 nitrogen and oxygen atoms in total. The summed E-state index contributed by atoms with van der Waals surface area (Å²) in [5, 5.41) is 6.49. The normalized spacial score (nSPS) is 27.8. The van der Waals surface area contributed by atoms with Crippen molar-refractivity contribution in [3.8, 4) is 22.6 Å². The summed E-state index contributed by atoms with van der Waals surface area (Å²) < 4.78 is 0. The van der Waals surface area contributed by atoms with Crippen LogP contribution in [-0.2, 0) is 4.79 Å². The zero-order valence-electron chi connectivity index (χ0n) is 22.5. The lowest BCUT2D eigenvalue weighted by Gasteiger charge is -2.54. The summed E-state index contributed by atoms with van der Waals surface area (Å²) in [6, 6.07) is 16.0. The number of anilines is 1. The van der Waals surface area contributed by atoms with Gasteiger partial charge in [-0.3, -0.25) is 9.59 Å². The fourth-order valence-electron chi connectivity index (χ4n) is 8.13. The molecule has 1 aromatic heterocycles. The molecule has 5 aliphatic rings. The van der Waals surface area contributed by atoms with Crippen LogP contribution in [0.2, 0.25) is 0 Å². The summed E-state index contributed by atoms with van der Waals surface area (Å²) in [5.41, 5.74) is 4.41. The number of aromatic nitrogens is 2. The number of carbonyl (C=O) groups is 2. The van der Waals surface area contributed by atoms with Gasteiger partial charge in [-0.15, -0.1) is 0 Å². The largest absolute Gasteiger partial charge is 0.349 e. The predicted molar refractivity (Wildman–Crippen MR) is 153 cm³/mol. The van der Waals surface area contributed by atoms with Crippen molar-refractivity contribution in [2.24, 2.45) is 29.6 Å². The van der Waals surface area contributed by atoms with Crippen LogP contribution in [-0.4, -0.2) is 27.8 Å². The van der Waals surface area contributed by atoms with E-state index >= 15 is 0 Å². The number of nitrogens with zero attached hydrogens (tertiary/aromatic N) is 1.